The van der Waals surface area contributed by atoms with Gasteiger partial charge in [-0.15, -0.1) is 0 Å². The average molecular weight is 505 g/mol. The molecule has 1 atom stereocenters. The maximum Gasteiger partial charge on any atom is 0.259 e. The second kappa shape index (κ2) is 10.1. The van der Waals surface area contributed by atoms with Gasteiger partial charge < -0.3 is 10.6 Å². The number of carbonyl (C=O) groups excluding carboxylic acids is 2. The summed E-state index contributed by atoms with van der Waals surface area (Å²) in [6.45, 7) is 5.25. The van der Waals surface area contributed by atoms with E-state index in [2.05, 4.69) is 44.6 Å². The van der Waals surface area contributed by atoms with Crippen molar-refractivity contribution in [2.45, 2.75) is 45.2 Å². The van der Waals surface area contributed by atoms with Gasteiger partial charge in [-0.25, -0.2) is 8.91 Å². The summed E-state index contributed by atoms with van der Waals surface area (Å²) in [5, 5.41) is 13.8. The number of aryl methyl sites for hydroxylation is 1. The van der Waals surface area contributed by atoms with Crippen LogP contribution in [0.1, 0.15) is 43.5 Å². The quantitative estimate of drug-likeness (QED) is 0.397. The van der Waals surface area contributed by atoms with Gasteiger partial charge in [0.05, 0.1) is 47.2 Å². The first-order valence-corrected chi connectivity index (χ1v) is 12.3. The zero-order valence-corrected chi connectivity index (χ0v) is 21.0. The van der Waals surface area contributed by atoms with Crippen molar-refractivity contribution in [1.82, 2.24) is 29.3 Å². The zero-order chi connectivity index (χ0) is 26.1. The standard InChI is InChI=1S/C26H29FN8O2/c1-16(2)34-8-4-5-19(34)10-25(36)31-18-6-7-21(27)22(9-18)32-26(37)20-12-30-35-15-23(28-13-24(20)35)17-11-29-33(3)14-17/h6-7,9,11-16,19H,4-5,8,10H2,1-3H3,(H,31,36)(H,32,37)/t19-/m0/s1. The van der Waals surface area contributed by atoms with Crippen LogP contribution in [0.15, 0.2) is 49.2 Å². The molecule has 0 radical (unpaired) electrons. The fourth-order valence-corrected chi connectivity index (χ4v) is 4.83. The molecule has 11 heteroatoms. The van der Waals surface area contributed by atoms with E-state index in [0.717, 1.165) is 24.9 Å². The number of nitrogens with zero attached hydrogens (tertiary/aromatic N) is 6. The lowest BCUT2D eigenvalue weighted by molar-refractivity contribution is -0.117. The summed E-state index contributed by atoms with van der Waals surface area (Å²) in [6.07, 6.45) is 10.6. The highest BCUT2D eigenvalue weighted by atomic mass is 19.1. The largest absolute Gasteiger partial charge is 0.326 e. The van der Waals surface area contributed by atoms with Gasteiger partial charge in [0.25, 0.3) is 5.91 Å². The van der Waals surface area contributed by atoms with Crippen molar-refractivity contribution >= 4 is 28.7 Å². The summed E-state index contributed by atoms with van der Waals surface area (Å²) >= 11 is 0. The normalized spacial score (nSPS) is 16.0. The number of rotatable bonds is 7. The van der Waals surface area contributed by atoms with Gasteiger partial charge in [-0.3, -0.25) is 24.2 Å². The van der Waals surface area contributed by atoms with Gasteiger partial charge in [0.15, 0.2) is 0 Å². The first kappa shape index (κ1) is 24.6. The first-order chi connectivity index (χ1) is 17.8. The van der Waals surface area contributed by atoms with Crippen LogP contribution in [0.3, 0.4) is 0 Å². The van der Waals surface area contributed by atoms with Crippen molar-refractivity contribution in [2.75, 3.05) is 17.2 Å². The smallest absolute Gasteiger partial charge is 0.259 e. The fraction of sp³-hybridized carbons (Fsp3) is 0.346. The minimum atomic E-state index is -0.610. The van der Waals surface area contributed by atoms with Crippen molar-refractivity contribution in [3.05, 3.63) is 60.6 Å². The summed E-state index contributed by atoms with van der Waals surface area (Å²) in [7, 11) is 1.81. The molecule has 4 heterocycles. The van der Waals surface area contributed by atoms with E-state index in [1.165, 1.54) is 24.4 Å². The number of likely N-dealkylation sites (tertiary alicyclic amines) is 1. The molecule has 1 aromatic carbocycles. The molecule has 10 nitrogen and oxygen atoms in total. The molecule has 0 spiro atoms. The third-order valence-corrected chi connectivity index (χ3v) is 6.66. The summed E-state index contributed by atoms with van der Waals surface area (Å²) in [4.78, 5) is 32.4. The predicted molar refractivity (Wildman–Crippen MR) is 138 cm³/mol. The second-order valence-electron chi connectivity index (χ2n) is 9.59. The van der Waals surface area contributed by atoms with Crippen LogP contribution in [0.25, 0.3) is 16.8 Å². The summed E-state index contributed by atoms with van der Waals surface area (Å²) < 4.78 is 17.8. The van der Waals surface area contributed by atoms with Crippen LogP contribution < -0.4 is 10.6 Å². The molecule has 0 aliphatic carbocycles. The Bertz CT molecular complexity index is 1460. The van der Waals surface area contributed by atoms with E-state index in [-0.39, 0.29) is 23.2 Å². The lowest BCUT2D eigenvalue weighted by Gasteiger charge is -2.27. The van der Waals surface area contributed by atoms with Crippen LogP contribution in [0.2, 0.25) is 0 Å². The van der Waals surface area contributed by atoms with E-state index in [9.17, 15) is 14.0 Å². The number of benzene rings is 1. The minimum absolute atomic E-state index is 0.0354. The van der Waals surface area contributed by atoms with Gasteiger partial charge in [-0.1, -0.05) is 0 Å². The van der Waals surface area contributed by atoms with Crippen LogP contribution in [0.4, 0.5) is 15.8 Å². The number of nitrogens with one attached hydrogen (secondary N) is 2. The Kier molecular flexibility index (Phi) is 6.70. The molecule has 1 saturated heterocycles. The first-order valence-electron chi connectivity index (χ1n) is 12.3. The average Bonchev–Trinajstić information content (AvgIpc) is 3.60. The Labute approximate surface area is 213 Å². The highest BCUT2D eigenvalue weighted by Gasteiger charge is 2.28. The van der Waals surface area contributed by atoms with Crippen LogP contribution >= 0.6 is 0 Å². The third kappa shape index (κ3) is 5.21. The number of anilines is 2. The number of aromatic nitrogens is 5. The molecule has 3 aromatic heterocycles. The van der Waals surface area contributed by atoms with E-state index in [1.54, 1.807) is 27.8 Å². The Hall–Kier alpha value is -4.12. The molecule has 1 fully saturated rings. The van der Waals surface area contributed by atoms with Crippen molar-refractivity contribution in [2.24, 2.45) is 7.05 Å². The molecule has 1 aliphatic rings. The molecule has 5 rings (SSSR count). The SMILES string of the molecule is CC(C)N1CCC[C@H]1CC(=O)Nc1ccc(F)c(NC(=O)c2cnn3cc(-c4cnn(C)c4)ncc23)c1. The number of fused-ring (bicyclic) bond motifs is 1. The minimum Gasteiger partial charge on any atom is -0.326 e. The van der Waals surface area contributed by atoms with Crippen molar-refractivity contribution in [3.63, 3.8) is 0 Å². The maximum absolute atomic E-state index is 14.6. The molecule has 2 N–H and O–H groups in total. The zero-order valence-electron chi connectivity index (χ0n) is 21.0. The Morgan fingerprint density at radius 3 is 2.73 bits per heavy atom. The lowest BCUT2D eigenvalue weighted by atomic mass is 10.1. The number of amides is 2. The van der Waals surface area contributed by atoms with Gasteiger partial charge in [-0.2, -0.15) is 10.2 Å². The lowest BCUT2D eigenvalue weighted by Crippen LogP contribution is -2.37. The van der Waals surface area contributed by atoms with Gasteiger partial charge >= 0.3 is 0 Å². The van der Waals surface area contributed by atoms with Crippen LogP contribution in [0, 0.1) is 5.82 Å². The predicted octanol–water partition coefficient (Wildman–Crippen LogP) is 3.72. The molecule has 0 unspecified atom stereocenters. The van der Waals surface area contributed by atoms with Gasteiger partial charge in [0.1, 0.15) is 5.82 Å². The molecular weight excluding hydrogens is 475 g/mol. The molecule has 192 valence electrons. The van der Waals surface area contributed by atoms with Gasteiger partial charge in [-0.05, 0) is 51.4 Å². The molecule has 37 heavy (non-hydrogen) atoms. The second-order valence-corrected chi connectivity index (χ2v) is 9.59. The monoisotopic (exact) mass is 504 g/mol. The van der Waals surface area contributed by atoms with Gasteiger partial charge in [0.2, 0.25) is 5.91 Å². The Balaban J connectivity index is 1.28. The highest BCUT2D eigenvalue weighted by molar-refractivity contribution is 6.09. The van der Waals surface area contributed by atoms with Crippen LogP contribution in [0.5, 0.6) is 0 Å². The topological polar surface area (TPSA) is 109 Å². The molecule has 1 aliphatic heterocycles. The van der Waals surface area contributed by atoms with Crippen molar-refractivity contribution in [1.29, 1.82) is 0 Å². The van der Waals surface area contributed by atoms with E-state index in [4.69, 9.17) is 0 Å². The van der Waals surface area contributed by atoms with Gasteiger partial charge in [0, 0.05) is 43.0 Å². The molecule has 0 bridgehead atoms. The molecule has 0 saturated carbocycles. The summed E-state index contributed by atoms with van der Waals surface area (Å²) in [6, 6.07) is 4.70. The number of hydrogen-bond acceptors (Lipinski definition) is 6. The molecule has 4 aromatic rings. The molecular formula is C26H29FN8O2. The number of halogens is 1. The Morgan fingerprint density at radius 2 is 1.97 bits per heavy atom. The maximum atomic E-state index is 14.6. The summed E-state index contributed by atoms with van der Waals surface area (Å²) in [5.74, 6) is -1.28. The van der Waals surface area contributed by atoms with Crippen molar-refractivity contribution < 1.29 is 14.0 Å². The molecule has 2 amide bonds. The van der Waals surface area contributed by atoms with E-state index in [1.807, 2.05) is 13.2 Å². The van der Waals surface area contributed by atoms with Crippen LogP contribution in [-0.2, 0) is 11.8 Å². The fourth-order valence-electron chi connectivity index (χ4n) is 4.83. The van der Waals surface area contributed by atoms with E-state index >= 15 is 0 Å². The number of carbonyl (C=O) groups is 2. The van der Waals surface area contributed by atoms with E-state index in [0.29, 0.717) is 29.4 Å². The Morgan fingerprint density at radius 1 is 1.14 bits per heavy atom. The van der Waals surface area contributed by atoms with Crippen LogP contribution in [-0.4, -0.2) is 59.7 Å². The highest BCUT2D eigenvalue weighted by Crippen LogP contribution is 2.25. The third-order valence-electron chi connectivity index (χ3n) is 6.66. The van der Waals surface area contributed by atoms with E-state index < -0.39 is 11.7 Å². The van der Waals surface area contributed by atoms with Crippen molar-refractivity contribution in [3.8, 4) is 11.3 Å². The number of hydrogen-bond donors (Lipinski definition) is 2. The summed E-state index contributed by atoms with van der Waals surface area (Å²) in [5.41, 5.74) is 2.57.